The maximum atomic E-state index is 12.3. The Kier molecular flexibility index (Phi) is 5.22. The van der Waals surface area contributed by atoms with Crippen molar-refractivity contribution in [2.45, 2.75) is 10.1 Å². The molecule has 1 amide bonds. The van der Waals surface area contributed by atoms with Crippen LogP contribution in [0.1, 0.15) is 16.2 Å². The van der Waals surface area contributed by atoms with Gasteiger partial charge in [-0.15, -0.1) is 10.2 Å². The molecule has 7 nitrogen and oxygen atoms in total. The lowest BCUT2D eigenvalue weighted by molar-refractivity contribution is 0.101. The zero-order valence-electron chi connectivity index (χ0n) is 13.9. The molecule has 134 valence electrons. The van der Waals surface area contributed by atoms with Crippen LogP contribution in [0.3, 0.4) is 0 Å². The number of aromatic nitrogens is 4. The topological polar surface area (TPSA) is 93.8 Å². The second-order valence-corrected chi connectivity index (χ2v) is 7.58. The number of rotatable bonds is 6. The zero-order chi connectivity index (χ0) is 18.5. The number of carbonyl (C=O) groups is 1. The molecule has 0 aliphatic carbocycles. The van der Waals surface area contributed by atoms with Crippen LogP contribution in [0.4, 0.5) is 5.13 Å². The molecule has 3 heterocycles. The average molecular weight is 395 g/mol. The van der Waals surface area contributed by atoms with Crippen molar-refractivity contribution >= 4 is 34.1 Å². The molecule has 0 atom stereocenters. The quantitative estimate of drug-likeness (QED) is 0.387. The first-order chi connectivity index (χ1) is 13.3. The van der Waals surface area contributed by atoms with E-state index in [-0.39, 0.29) is 5.69 Å². The third-order valence-electron chi connectivity index (χ3n) is 3.50. The van der Waals surface area contributed by atoms with E-state index < -0.39 is 5.91 Å². The van der Waals surface area contributed by atoms with Crippen molar-refractivity contribution in [3.8, 4) is 11.3 Å². The molecule has 0 fully saturated rings. The molecule has 1 N–H and O–H groups in total. The third kappa shape index (κ3) is 4.39. The summed E-state index contributed by atoms with van der Waals surface area (Å²) in [6, 6.07) is 16.8. The molecular weight excluding hydrogens is 382 g/mol. The molecule has 0 bridgehead atoms. The molecule has 9 heteroatoms. The van der Waals surface area contributed by atoms with Gasteiger partial charge in [0.25, 0.3) is 5.91 Å². The maximum absolute atomic E-state index is 12.3. The SMILES string of the molecule is O=C(Nc1nnc(SCc2ccccn2)s1)c1cc(-c2ccccc2)on1. The van der Waals surface area contributed by atoms with E-state index in [9.17, 15) is 4.79 Å². The fourth-order valence-electron chi connectivity index (χ4n) is 2.22. The average Bonchev–Trinajstić information content (AvgIpc) is 3.38. The van der Waals surface area contributed by atoms with E-state index in [0.29, 0.717) is 16.6 Å². The number of hydrogen-bond donors (Lipinski definition) is 1. The minimum absolute atomic E-state index is 0.187. The summed E-state index contributed by atoms with van der Waals surface area (Å²) in [6.45, 7) is 0. The number of benzene rings is 1. The fourth-order valence-corrected chi connectivity index (χ4v) is 3.88. The number of pyridine rings is 1. The van der Waals surface area contributed by atoms with E-state index >= 15 is 0 Å². The summed E-state index contributed by atoms with van der Waals surface area (Å²) in [5.41, 5.74) is 2.00. The molecule has 27 heavy (non-hydrogen) atoms. The number of anilines is 1. The molecule has 0 saturated heterocycles. The van der Waals surface area contributed by atoms with E-state index in [4.69, 9.17) is 4.52 Å². The lowest BCUT2D eigenvalue weighted by Crippen LogP contribution is -2.11. The summed E-state index contributed by atoms with van der Waals surface area (Å²) in [7, 11) is 0. The van der Waals surface area contributed by atoms with Crippen LogP contribution in [0, 0.1) is 0 Å². The van der Waals surface area contributed by atoms with Gasteiger partial charge in [-0.2, -0.15) is 0 Å². The van der Waals surface area contributed by atoms with Crippen molar-refractivity contribution < 1.29 is 9.32 Å². The second-order valence-electron chi connectivity index (χ2n) is 5.38. The summed E-state index contributed by atoms with van der Waals surface area (Å²) in [6.07, 6.45) is 1.75. The Balaban J connectivity index is 1.37. The van der Waals surface area contributed by atoms with Gasteiger partial charge in [-0.25, -0.2) is 0 Å². The third-order valence-corrected chi connectivity index (χ3v) is 5.50. The molecule has 0 unspecified atom stereocenters. The number of hydrogen-bond acceptors (Lipinski definition) is 8. The number of amides is 1. The van der Waals surface area contributed by atoms with Crippen molar-refractivity contribution in [3.63, 3.8) is 0 Å². The van der Waals surface area contributed by atoms with Crippen LogP contribution < -0.4 is 5.32 Å². The lowest BCUT2D eigenvalue weighted by Gasteiger charge is -1.96. The summed E-state index contributed by atoms with van der Waals surface area (Å²) < 4.78 is 6.00. The molecular formula is C18H13N5O2S2. The molecule has 0 saturated carbocycles. The number of nitrogens with zero attached hydrogens (tertiary/aromatic N) is 4. The number of carbonyl (C=O) groups excluding carboxylic acids is 1. The maximum Gasteiger partial charge on any atom is 0.279 e. The second kappa shape index (κ2) is 8.11. The zero-order valence-corrected chi connectivity index (χ0v) is 15.5. The van der Waals surface area contributed by atoms with Gasteiger partial charge in [0, 0.05) is 23.6 Å². The van der Waals surface area contributed by atoms with E-state index in [0.717, 1.165) is 15.6 Å². The van der Waals surface area contributed by atoms with Crippen LogP contribution in [-0.4, -0.2) is 26.2 Å². The summed E-state index contributed by atoms with van der Waals surface area (Å²) in [4.78, 5) is 16.6. The first kappa shape index (κ1) is 17.4. The monoisotopic (exact) mass is 395 g/mol. The summed E-state index contributed by atoms with van der Waals surface area (Å²) in [5.74, 6) is 0.829. The Morgan fingerprint density at radius 2 is 1.96 bits per heavy atom. The minimum atomic E-state index is -0.390. The Bertz CT molecular complexity index is 1030. The first-order valence-electron chi connectivity index (χ1n) is 7.97. The van der Waals surface area contributed by atoms with Gasteiger partial charge < -0.3 is 4.52 Å². The highest BCUT2D eigenvalue weighted by Gasteiger charge is 2.16. The van der Waals surface area contributed by atoms with Crippen LogP contribution >= 0.6 is 23.1 Å². The number of thioether (sulfide) groups is 1. The molecule has 0 spiro atoms. The Hall–Kier alpha value is -3.04. The molecule has 3 aromatic heterocycles. The van der Waals surface area contributed by atoms with Gasteiger partial charge in [0.2, 0.25) is 5.13 Å². The Morgan fingerprint density at radius 1 is 1.11 bits per heavy atom. The highest BCUT2D eigenvalue weighted by Crippen LogP contribution is 2.28. The van der Waals surface area contributed by atoms with E-state index in [1.807, 2.05) is 48.5 Å². The van der Waals surface area contributed by atoms with Crippen LogP contribution in [0.5, 0.6) is 0 Å². The summed E-state index contributed by atoms with van der Waals surface area (Å²) in [5, 5.41) is 15.0. The predicted molar refractivity (Wildman–Crippen MR) is 104 cm³/mol. The highest BCUT2D eigenvalue weighted by molar-refractivity contribution is 8.00. The highest BCUT2D eigenvalue weighted by atomic mass is 32.2. The number of nitrogens with one attached hydrogen (secondary N) is 1. The van der Waals surface area contributed by atoms with Gasteiger partial charge in [0.15, 0.2) is 15.8 Å². The van der Waals surface area contributed by atoms with Crippen molar-refractivity contribution in [2.24, 2.45) is 0 Å². The van der Waals surface area contributed by atoms with Gasteiger partial charge in [-0.05, 0) is 12.1 Å². The largest absolute Gasteiger partial charge is 0.355 e. The van der Waals surface area contributed by atoms with Gasteiger partial charge in [0.05, 0.1) is 5.69 Å². The predicted octanol–water partition coefficient (Wildman–Crippen LogP) is 4.13. The van der Waals surface area contributed by atoms with E-state index in [2.05, 4.69) is 25.7 Å². The van der Waals surface area contributed by atoms with Crippen molar-refractivity contribution in [3.05, 3.63) is 72.2 Å². The van der Waals surface area contributed by atoms with Crippen LogP contribution in [0.2, 0.25) is 0 Å². The van der Waals surface area contributed by atoms with Crippen LogP contribution in [0.15, 0.2) is 69.7 Å². The van der Waals surface area contributed by atoms with E-state index in [1.165, 1.54) is 23.1 Å². The molecule has 0 aliphatic heterocycles. The van der Waals surface area contributed by atoms with Crippen LogP contribution in [0.25, 0.3) is 11.3 Å². The minimum Gasteiger partial charge on any atom is -0.355 e. The Labute approximate surface area is 162 Å². The van der Waals surface area contributed by atoms with Crippen molar-refractivity contribution in [1.82, 2.24) is 20.3 Å². The van der Waals surface area contributed by atoms with Gasteiger partial charge in [-0.1, -0.05) is 64.7 Å². The van der Waals surface area contributed by atoms with Crippen LogP contribution in [-0.2, 0) is 5.75 Å². The first-order valence-corrected chi connectivity index (χ1v) is 9.78. The molecule has 0 aliphatic rings. The standard InChI is InChI=1S/C18H13N5O2S2/c24-16(14-10-15(25-23-14)12-6-2-1-3-7-12)20-17-21-22-18(27-17)26-11-13-8-4-5-9-19-13/h1-10H,11H2,(H,20,21,24). The summed E-state index contributed by atoms with van der Waals surface area (Å²) >= 11 is 2.82. The normalized spacial score (nSPS) is 10.7. The molecule has 1 aromatic carbocycles. The van der Waals surface area contributed by atoms with Gasteiger partial charge in [-0.3, -0.25) is 15.1 Å². The van der Waals surface area contributed by atoms with Crippen molar-refractivity contribution in [1.29, 1.82) is 0 Å². The molecule has 0 radical (unpaired) electrons. The molecule has 4 rings (SSSR count). The van der Waals surface area contributed by atoms with Crippen molar-refractivity contribution in [2.75, 3.05) is 5.32 Å². The van der Waals surface area contributed by atoms with Gasteiger partial charge in [0.1, 0.15) is 0 Å². The fraction of sp³-hybridized carbons (Fsp3) is 0.0556. The van der Waals surface area contributed by atoms with Gasteiger partial charge >= 0.3 is 0 Å². The smallest absolute Gasteiger partial charge is 0.279 e. The van der Waals surface area contributed by atoms with E-state index in [1.54, 1.807) is 12.3 Å². The Morgan fingerprint density at radius 3 is 2.78 bits per heavy atom. The molecule has 4 aromatic rings. The lowest BCUT2D eigenvalue weighted by atomic mass is 10.1.